The van der Waals surface area contributed by atoms with Gasteiger partial charge < -0.3 is 0 Å². The molecule has 1 amide bonds. The van der Waals surface area contributed by atoms with Crippen molar-refractivity contribution < 1.29 is 14.5 Å². The summed E-state index contributed by atoms with van der Waals surface area (Å²) >= 11 is 1.12. The van der Waals surface area contributed by atoms with Crippen LogP contribution < -0.4 is 5.32 Å². The van der Waals surface area contributed by atoms with Crippen LogP contribution in [-0.4, -0.2) is 21.6 Å². The van der Waals surface area contributed by atoms with E-state index in [0.29, 0.717) is 5.56 Å². The molecule has 0 saturated heterocycles. The number of nitrogens with one attached hydrogen (secondary N) is 1. The van der Waals surface area contributed by atoms with Gasteiger partial charge in [0.25, 0.3) is 11.6 Å². The number of nitro benzene ring substituents is 1. The second kappa shape index (κ2) is 5.80. The van der Waals surface area contributed by atoms with Crippen molar-refractivity contribution in [2.75, 3.05) is 5.32 Å². The smallest absolute Gasteiger partial charge is 0.273 e. The molecule has 0 aliphatic carbocycles. The number of ketones is 1. The van der Waals surface area contributed by atoms with Crippen molar-refractivity contribution in [3.8, 4) is 0 Å². The zero-order valence-electron chi connectivity index (χ0n) is 11.2. The Labute approximate surface area is 123 Å². The first-order valence-electron chi connectivity index (χ1n) is 5.91. The highest BCUT2D eigenvalue weighted by Gasteiger charge is 2.16. The number of carbonyl (C=O) groups excluding carboxylic acids is 2. The van der Waals surface area contributed by atoms with Gasteiger partial charge in [0.2, 0.25) is 0 Å². The molecule has 2 rings (SSSR count). The van der Waals surface area contributed by atoms with Gasteiger partial charge in [-0.25, -0.2) is 4.98 Å². The van der Waals surface area contributed by atoms with Crippen LogP contribution in [0.15, 0.2) is 23.6 Å². The fourth-order valence-electron chi connectivity index (χ4n) is 1.61. The fraction of sp³-hybridized carbons (Fsp3) is 0.154. The number of aromatic nitrogens is 1. The third kappa shape index (κ3) is 3.29. The Morgan fingerprint density at radius 2 is 2.10 bits per heavy atom. The highest BCUT2D eigenvalue weighted by Crippen LogP contribution is 2.21. The first-order valence-corrected chi connectivity index (χ1v) is 6.79. The maximum absolute atomic E-state index is 12.0. The van der Waals surface area contributed by atoms with Crippen LogP contribution in [-0.2, 0) is 0 Å². The van der Waals surface area contributed by atoms with Crippen LogP contribution in [0.5, 0.6) is 0 Å². The Bertz CT molecular complexity index is 739. The van der Waals surface area contributed by atoms with Crippen molar-refractivity contribution in [2.45, 2.75) is 13.8 Å². The van der Waals surface area contributed by atoms with Crippen LogP contribution in [0.25, 0.3) is 0 Å². The molecule has 0 unspecified atom stereocenters. The summed E-state index contributed by atoms with van der Waals surface area (Å²) in [5.74, 6) is -0.708. The molecule has 0 aliphatic heterocycles. The van der Waals surface area contributed by atoms with Crippen molar-refractivity contribution in [3.63, 3.8) is 0 Å². The first-order chi connectivity index (χ1) is 9.88. The Morgan fingerprint density at radius 1 is 1.38 bits per heavy atom. The largest absolute Gasteiger partial charge is 0.298 e. The lowest BCUT2D eigenvalue weighted by atomic mass is 10.1. The van der Waals surface area contributed by atoms with E-state index in [0.717, 1.165) is 11.3 Å². The molecule has 1 heterocycles. The summed E-state index contributed by atoms with van der Waals surface area (Å²) in [5.41, 5.74) is 0.785. The summed E-state index contributed by atoms with van der Waals surface area (Å²) in [4.78, 5) is 37.4. The number of nitro groups is 1. The maximum atomic E-state index is 12.0. The van der Waals surface area contributed by atoms with Crippen molar-refractivity contribution >= 4 is 33.8 Å². The predicted octanol–water partition coefficient (Wildman–Crippen LogP) is 2.81. The maximum Gasteiger partial charge on any atom is 0.273 e. The Kier molecular flexibility index (Phi) is 4.08. The summed E-state index contributed by atoms with van der Waals surface area (Å²) in [6.07, 6.45) is 0. The van der Waals surface area contributed by atoms with Gasteiger partial charge in [-0.05, 0) is 13.0 Å². The van der Waals surface area contributed by atoms with E-state index in [1.807, 2.05) is 0 Å². The third-order valence-corrected chi connectivity index (χ3v) is 3.51. The zero-order chi connectivity index (χ0) is 15.6. The van der Waals surface area contributed by atoms with Gasteiger partial charge in [-0.3, -0.25) is 25.0 Å². The quantitative estimate of drug-likeness (QED) is 0.531. The van der Waals surface area contributed by atoms with Gasteiger partial charge in [-0.1, -0.05) is 6.07 Å². The number of carbonyl (C=O) groups is 2. The van der Waals surface area contributed by atoms with Gasteiger partial charge in [-0.2, -0.15) is 0 Å². The van der Waals surface area contributed by atoms with Gasteiger partial charge in [0.15, 0.2) is 10.9 Å². The first kappa shape index (κ1) is 14.8. The van der Waals surface area contributed by atoms with Gasteiger partial charge in [-0.15, -0.1) is 11.3 Å². The van der Waals surface area contributed by atoms with Gasteiger partial charge in [0, 0.05) is 29.5 Å². The van der Waals surface area contributed by atoms with E-state index in [9.17, 15) is 19.7 Å². The minimum atomic E-state index is -0.538. The summed E-state index contributed by atoms with van der Waals surface area (Å²) in [6, 6.07) is 4.22. The predicted molar refractivity (Wildman–Crippen MR) is 77.9 cm³/mol. The van der Waals surface area contributed by atoms with Crippen molar-refractivity contribution in [3.05, 3.63) is 50.5 Å². The Balaban J connectivity index is 2.22. The number of hydrogen-bond acceptors (Lipinski definition) is 6. The lowest BCUT2D eigenvalue weighted by Crippen LogP contribution is -2.12. The summed E-state index contributed by atoms with van der Waals surface area (Å²) < 4.78 is 0. The minimum Gasteiger partial charge on any atom is -0.298 e. The summed E-state index contributed by atoms with van der Waals surface area (Å²) in [7, 11) is 0. The lowest BCUT2D eigenvalue weighted by Gasteiger charge is -2.03. The topological polar surface area (TPSA) is 102 Å². The number of anilines is 1. The molecule has 8 heteroatoms. The number of thiazole rings is 1. The molecule has 21 heavy (non-hydrogen) atoms. The molecule has 0 atom stereocenters. The van der Waals surface area contributed by atoms with E-state index in [2.05, 4.69) is 10.3 Å². The zero-order valence-corrected chi connectivity index (χ0v) is 12.1. The van der Waals surface area contributed by atoms with Crippen molar-refractivity contribution in [2.24, 2.45) is 0 Å². The van der Waals surface area contributed by atoms with E-state index in [-0.39, 0.29) is 27.9 Å². The highest BCUT2D eigenvalue weighted by molar-refractivity contribution is 7.14. The molecule has 1 aromatic heterocycles. The summed E-state index contributed by atoms with van der Waals surface area (Å²) in [6.45, 7) is 2.98. The van der Waals surface area contributed by atoms with E-state index in [4.69, 9.17) is 0 Å². The average molecular weight is 305 g/mol. The molecular weight excluding hydrogens is 294 g/mol. The SMILES string of the molecule is CC(=O)c1csc(NC(=O)c2ccc(C)c([N+](=O)[O-])c2)n1. The second-order valence-electron chi connectivity index (χ2n) is 4.31. The molecule has 108 valence electrons. The lowest BCUT2D eigenvalue weighted by molar-refractivity contribution is -0.385. The molecule has 1 N–H and O–H groups in total. The van der Waals surface area contributed by atoms with E-state index >= 15 is 0 Å². The van der Waals surface area contributed by atoms with Crippen molar-refractivity contribution in [1.29, 1.82) is 0 Å². The van der Waals surface area contributed by atoms with Crippen LogP contribution in [0.1, 0.15) is 33.3 Å². The number of nitrogens with zero attached hydrogens (tertiary/aromatic N) is 2. The molecule has 0 aliphatic rings. The number of hydrogen-bond donors (Lipinski definition) is 1. The third-order valence-electron chi connectivity index (χ3n) is 2.75. The van der Waals surface area contributed by atoms with Crippen LogP contribution in [0.4, 0.5) is 10.8 Å². The molecule has 0 saturated carbocycles. The molecule has 1 aromatic carbocycles. The van der Waals surface area contributed by atoms with E-state index in [1.54, 1.807) is 6.92 Å². The monoisotopic (exact) mass is 305 g/mol. The van der Waals surface area contributed by atoms with Gasteiger partial charge >= 0.3 is 0 Å². The number of benzene rings is 1. The normalized spacial score (nSPS) is 10.2. The van der Waals surface area contributed by atoms with Crippen molar-refractivity contribution in [1.82, 2.24) is 4.98 Å². The van der Waals surface area contributed by atoms with E-state index in [1.165, 1.54) is 30.5 Å². The molecule has 7 nitrogen and oxygen atoms in total. The number of Topliss-reactive ketones (excluding diaryl/α,β-unsaturated/α-hetero) is 1. The number of rotatable bonds is 4. The molecular formula is C13H11N3O4S. The van der Waals surface area contributed by atoms with Crippen LogP contribution in [0.3, 0.4) is 0 Å². The average Bonchev–Trinajstić information content (AvgIpc) is 2.87. The van der Waals surface area contributed by atoms with Gasteiger partial charge in [0.05, 0.1) is 4.92 Å². The molecule has 0 spiro atoms. The summed E-state index contributed by atoms with van der Waals surface area (Å²) in [5, 5.41) is 15.2. The number of amides is 1. The fourth-order valence-corrected chi connectivity index (χ4v) is 2.35. The van der Waals surface area contributed by atoms with Gasteiger partial charge in [0.1, 0.15) is 5.69 Å². The minimum absolute atomic E-state index is 0.119. The second-order valence-corrected chi connectivity index (χ2v) is 5.16. The van der Waals surface area contributed by atoms with E-state index < -0.39 is 10.8 Å². The van der Waals surface area contributed by atoms with Crippen LogP contribution in [0.2, 0.25) is 0 Å². The number of aryl methyl sites for hydroxylation is 1. The highest BCUT2D eigenvalue weighted by atomic mass is 32.1. The standard InChI is InChI=1S/C13H11N3O4S/c1-7-3-4-9(5-11(7)16(19)20)12(18)15-13-14-10(6-21-13)8(2)17/h3-6H,1-2H3,(H,14,15,18). The van der Waals surface area contributed by atoms with Crippen LogP contribution >= 0.6 is 11.3 Å². The molecule has 0 radical (unpaired) electrons. The van der Waals surface area contributed by atoms with Crippen LogP contribution in [0, 0.1) is 17.0 Å². The molecule has 0 fully saturated rings. The molecule has 0 bridgehead atoms. The molecule has 2 aromatic rings. The Morgan fingerprint density at radius 3 is 2.67 bits per heavy atom. The Hall–Kier alpha value is -2.61.